The maximum absolute atomic E-state index is 5.61. The summed E-state index contributed by atoms with van der Waals surface area (Å²) in [6.45, 7) is 8.48. The molecule has 1 rings (SSSR count). The summed E-state index contributed by atoms with van der Waals surface area (Å²) in [5, 5.41) is 3.18. The zero-order valence-electron chi connectivity index (χ0n) is 12.6. The zero-order chi connectivity index (χ0) is 13.7. The van der Waals surface area contributed by atoms with Crippen LogP contribution < -0.4 is 15.0 Å². The van der Waals surface area contributed by atoms with Crippen LogP contribution in [0.3, 0.4) is 0 Å². The molecular weight excluding hydrogens is 224 g/mol. The number of anilines is 1. The van der Waals surface area contributed by atoms with E-state index in [0.29, 0.717) is 0 Å². The molecule has 1 N–H and O–H groups in total. The first-order chi connectivity index (χ1) is 8.52. The molecule has 0 atom stereocenters. The molecule has 3 nitrogen and oxygen atoms in total. The molecule has 0 saturated heterocycles. The van der Waals surface area contributed by atoms with Gasteiger partial charge in [-0.3, -0.25) is 0 Å². The summed E-state index contributed by atoms with van der Waals surface area (Å²) < 4.78 is 5.61. The Kier molecular flexibility index (Phi) is 5.48. The van der Waals surface area contributed by atoms with Crippen molar-refractivity contribution >= 4 is 5.69 Å². The first-order valence-electron chi connectivity index (χ1n) is 6.53. The summed E-state index contributed by atoms with van der Waals surface area (Å²) in [6, 6.07) is 2.24. The van der Waals surface area contributed by atoms with Crippen LogP contribution in [0.4, 0.5) is 5.69 Å². The molecule has 0 spiro atoms. The predicted octanol–water partition coefficient (Wildman–Crippen LogP) is 2.67. The second-order valence-electron chi connectivity index (χ2n) is 4.90. The Bertz CT molecular complexity index is 402. The van der Waals surface area contributed by atoms with Gasteiger partial charge in [0.2, 0.25) is 0 Å². The average Bonchev–Trinajstić information content (AvgIpc) is 2.33. The minimum Gasteiger partial charge on any atom is -0.494 e. The lowest BCUT2D eigenvalue weighted by Crippen LogP contribution is -2.23. The molecule has 0 heterocycles. The average molecular weight is 250 g/mol. The molecular formula is C15H26N2O. The van der Waals surface area contributed by atoms with E-state index in [9.17, 15) is 0 Å². The van der Waals surface area contributed by atoms with Gasteiger partial charge in [-0.1, -0.05) is 6.07 Å². The van der Waals surface area contributed by atoms with Crippen LogP contribution in [0, 0.1) is 20.8 Å². The van der Waals surface area contributed by atoms with Crippen LogP contribution in [0.15, 0.2) is 6.07 Å². The smallest absolute Gasteiger partial charge is 0.145 e. The molecule has 3 heteroatoms. The lowest BCUT2D eigenvalue weighted by atomic mass is 10.0. The van der Waals surface area contributed by atoms with Crippen molar-refractivity contribution < 1.29 is 4.74 Å². The van der Waals surface area contributed by atoms with E-state index in [2.05, 4.69) is 44.1 Å². The largest absolute Gasteiger partial charge is 0.494 e. The number of benzene rings is 1. The monoisotopic (exact) mass is 250 g/mol. The van der Waals surface area contributed by atoms with Crippen LogP contribution in [0.1, 0.15) is 23.1 Å². The van der Waals surface area contributed by atoms with Gasteiger partial charge in [0.15, 0.2) is 0 Å². The fourth-order valence-electron chi connectivity index (χ4n) is 2.37. The highest BCUT2D eigenvalue weighted by Crippen LogP contribution is 2.36. The van der Waals surface area contributed by atoms with Gasteiger partial charge in [-0.05, 0) is 57.5 Å². The van der Waals surface area contributed by atoms with Crippen LogP contribution in [-0.2, 0) is 0 Å². The number of ether oxygens (including phenoxy) is 1. The maximum atomic E-state index is 5.61. The summed E-state index contributed by atoms with van der Waals surface area (Å²) in [7, 11) is 5.88. The van der Waals surface area contributed by atoms with Gasteiger partial charge in [0, 0.05) is 13.6 Å². The molecule has 0 radical (unpaired) electrons. The number of hydrogen-bond acceptors (Lipinski definition) is 3. The minimum absolute atomic E-state index is 1.01. The van der Waals surface area contributed by atoms with Gasteiger partial charge < -0.3 is 15.0 Å². The van der Waals surface area contributed by atoms with E-state index in [1.165, 1.54) is 22.4 Å². The second-order valence-corrected chi connectivity index (χ2v) is 4.90. The molecule has 0 aromatic heterocycles. The first kappa shape index (κ1) is 14.8. The molecule has 0 aliphatic rings. The number of rotatable bonds is 6. The Balaban J connectivity index is 3.03. The van der Waals surface area contributed by atoms with Crippen molar-refractivity contribution in [3.8, 4) is 5.75 Å². The van der Waals surface area contributed by atoms with Crippen molar-refractivity contribution in [2.45, 2.75) is 27.2 Å². The molecule has 0 aliphatic heterocycles. The Morgan fingerprint density at radius 3 is 2.44 bits per heavy atom. The minimum atomic E-state index is 1.01. The Morgan fingerprint density at radius 1 is 1.22 bits per heavy atom. The van der Waals surface area contributed by atoms with Crippen molar-refractivity contribution in [1.29, 1.82) is 0 Å². The fraction of sp³-hybridized carbons (Fsp3) is 0.600. The Morgan fingerprint density at radius 2 is 1.89 bits per heavy atom. The topological polar surface area (TPSA) is 24.5 Å². The Labute approximate surface area is 111 Å². The molecule has 102 valence electrons. The number of nitrogens with one attached hydrogen (secondary N) is 1. The third-order valence-corrected chi connectivity index (χ3v) is 3.46. The van der Waals surface area contributed by atoms with E-state index >= 15 is 0 Å². The first-order valence-corrected chi connectivity index (χ1v) is 6.53. The molecule has 0 amide bonds. The van der Waals surface area contributed by atoms with Crippen molar-refractivity contribution in [2.75, 3.05) is 39.2 Å². The molecule has 1 aromatic carbocycles. The normalized spacial score (nSPS) is 10.6. The van der Waals surface area contributed by atoms with E-state index in [-0.39, 0.29) is 0 Å². The molecule has 0 bridgehead atoms. The molecule has 0 aliphatic carbocycles. The zero-order valence-corrected chi connectivity index (χ0v) is 12.6. The lowest BCUT2D eigenvalue weighted by molar-refractivity contribution is 0.411. The number of hydrogen-bond donors (Lipinski definition) is 1. The number of nitrogens with zero attached hydrogens (tertiary/aromatic N) is 1. The van der Waals surface area contributed by atoms with Gasteiger partial charge in [-0.15, -0.1) is 0 Å². The fourth-order valence-corrected chi connectivity index (χ4v) is 2.37. The second kappa shape index (κ2) is 6.64. The van der Waals surface area contributed by atoms with Gasteiger partial charge in [0.1, 0.15) is 5.75 Å². The van der Waals surface area contributed by atoms with E-state index in [1.807, 2.05) is 7.05 Å². The summed E-state index contributed by atoms with van der Waals surface area (Å²) in [5.41, 5.74) is 5.02. The highest BCUT2D eigenvalue weighted by Gasteiger charge is 2.15. The van der Waals surface area contributed by atoms with Crippen molar-refractivity contribution in [3.63, 3.8) is 0 Å². The summed E-state index contributed by atoms with van der Waals surface area (Å²) in [5.74, 6) is 1.01. The third kappa shape index (κ3) is 3.16. The van der Waals surface area contributed by atoms with Crippen LogP contribution >= 0.6 is 0 Å². The van der Waals surface area contributed by atoms with E-state index in [1.54, 1.807) is 7.11 Å². The summed E-state index contributed by atoms with van der Waals surface area (Å²) >= 11 is 0. The van der Waals surface area contributed by atoms with Gasteiger partial charge >= 0.3 is 0 Å². The maximum Gasteiger partial charge on any atom is 0.145 e. The highest BCUT2D eigenvalue weighted by atomic mass is 16.5. The molecule has 0 fully saturated rings. The molecule has 1 aromatic rings. The standard InChI is InChI=1S/C15H26N2O/c1-11-10-12(2)14(15(18-6)13(11)3)17(5)9-7-8-16-4/h10,16H,7-9H2,1-6H3. The van der Waals surface area contributed by atoms with Crippen molar-refractivity contribution in [1.82, 2.24) is 5.32 Å². The van der Waals surface area contributed by atoms with Gasteiger partial charge in [0.05, 0.1) is 12.8 Å². The van der Waals surface area contributed by atoms with Crippen LogP contribution in [-0.4, -0.2) is 34.3 Å². The van der Waals surface area contributed by atoms with Gasteiger partial charge in [-0.25, -0.2) is 0 Å². The quantitative estimate of drug-likeness (QED) is 0.786. The Hall–Kier alpha value is -1.22. The van der Waals surface area contributed by atoms with E-state index in [4.69, 9.17) is 4.74 Å². The van der Waals surface area contributed by atoms with Crippen molar-refractivity contribution in [3.05, 3.63) is 22.8 Å². The predicted molar refractivity (Wildman–Crippen MR) is 79.0 cm³/mol. The van der Waals surface area contributed by atoms with Crippen LogP contribution in [0.25, 0.3) is 0 Å². The summed E-state index contributed by atoms with van der Waals surface area (Å²) in [4.78, 5) is 2.29. The van der Waals surface area contributed by atoms with Crippen molar-refractivity contribution in [2.24, 2.45) is 0 Å². The third-order valence-electron chi connectivity index (χ3n) is 3.46. The molecule has 0 unspecified atom stereocenters. The van der Waals surface area contributed by atoms with Gasteiger partial charge in [-0.2, -0.15) is 0 Å². The van der Waals surface area contributed by atoms with Gasteiger partial charge in [0.25, 0.3) is 0 Å². The number of methoxy groups -OCH3 is 1. The lowest BCUT2D eigenvalue weighted by Gasteiger charge is -2.26. The number of aryl methyl sites for hydroxylation is 2. The molecule has 0 saturated carbocycles. The van der Waals surface area contributed by atoms with Crippen LogP contribution in [0.5, 0.6) is 5.75 Å². The van der Waals surface area contributed by atoms with E-state index in [0.717, 1.165) is 25.3 Å². The highest BCUT2D eigenvalue weighted by molar-refractivity contribution is 5.67. The summed E-state index contributed by atoms with van der Waals surface area (Å²) in [6.07, 6.45) is 1.13. The van der Waals surface area contributed by atoms with Crippen LogP contribution in [0.2, 0.25) is 0 Å². The molecule has 18 heavy (non-hydrogen) atoms. The van der Waals surface area contributed by atoms with E-state index < -0.39 is 0 Å². The SMILES string of the molecule is CNCCCN(C)c1c(C)cc(C)c(C)c1OC.